The SMILES string of the molecule is CCOC(=O)N1CCC(C(=O)Nc2nc3ccccc3nc2N2CCCC2)CC1. The van der Waals surface area contributed by atoms with Crippen molar-refractivity contribution in [2.45, 2.75) is 32.6 Å². The van der Waals surface area contributed by atoms with Crippen LogP contribution in [0.25, 0.3) is 11.0 Å². The summed E-state index contributed by atoms with van der Waals surface area (Å²) in [6, 6.07) is 7.71. The van der Waals surface area contributed by atoms with Gasteiger partial charge in [-0.15, -0.1) is 0 Å². The molecule has 2 fully saturated rings. The molecule has 0 bridgehead atoms. The molecule has 2 aliphatic rings. The number of piperidine rings is 1. The maximum absolute atomic E-state index is 12.9. The standard InChI is InChI=1S/C21H27N5O3/c1-2-29-21(28)26-13-9-15(10-14-26)20(27)24-18-19(25-11-5-6-12-25)23-17-8-4-3-7-16(17)22-18/h3-4,7-8,15H,2,5-6,9-14H2,1H3,(H,22,24,27). The number of hydrogen-bond acceptors (Lipinski definition) is 6. The fraction of sp³-hybridized carbons (Fsp3) is 0.524. The summed E-state index contributed by atoms with van der Waals surface area (Å²) in [6.07, 6.45) is 3.17. The minimum absolute atomic E-state index is 0.0569. The first-order valence-electron chi connectivity index (χ1n) is 10.4. The van der Waals surface area contributed by atoms with Gasteiger partial charge >= 0.3 is 6.09 Å². The maximum atomic E-state index is 12.9. The summed E-state index contributed by atoms with van der Waals surface area (Å²) in [7, 11) is 0. The molecule has 29 heavy (non-hydrogen) atoms. The third-order valence-corrected chi connectivity index (χ3v) is 5.59. The van der Waals surface area contributed by atoms with Gasteiger partial charge in [-0.3, -0.25) is 4.79 Å². The Hall–Kier alpha value is -2.90. The van der Waals surface area contributed by atoms with E-state index in [4.69, 9.17) is 14.7 Å². The maximum Gasteiger partial charge on any atom is 0.409 e. The number of nitrogens with zero attached hydrogens (tertiary/aromatic N) is 4. The second kappa shape index (κ2) is 8.63. The van der Waals surface area contributed by atoms with Crippen LogP contribution in [-0.2, 0) is 9.53 Å². The highest BCUT2D eigenvalue weighted by Gasteiger charge is 2.29. The van der Waals surface area contributed by atoms with E-state index in [0.717, 1.165) is 42.8 Å². The fourth-order valence-corrected chi connectivity index (χ4v) is 3.98. The number of para-hydroxylation sites is 2. The van der Waals surface area contributed by atoms with Crippen LogP contribution in [-0.4, -0.2) is 59.7 Å². The Morgan fingerprint density at radius 3 is 2.38 bits per heavy atom. The number of anilines is 2. The van der Waals surface area contributed by atoms with Gasteiger partial charge in [0, 0.05) is 32.1 Å². The molecule has 2 amide bonds. The van der Waals surface area contributed by atoms with E-state index in [0.29, 0.717) is 38.4 Å². The minimum Gasteiger partial charge on any atom is -0.450 e. The third-order valence-electron chi connectivity index (χ3n) is 5.59. The van der Waals surface area contributed by atoms with Crippen molar-refractivity contribution in [3.63, 3.8) is 0 Å². The quantitative estimate of drug-likeness (QED) is 0.853. The molecule has 3 heterocycles. The molecule has 8 heteroatoms. The molecule has 0 unspecified atom stereocenters. The van der Waals surface area contributed by atoms with Crippen molar-refractivity contribution in [2.75, 3.05) is 43.0 Å². The second-order valence-corrected chi connectivity index (χ2v) is 7.53. The number of carbonyl (C=O) groups is 2. The van der Waals surface area contributed by atoms with Crippen LogP contribution in [0.2, 0.25) is 0 Å². The molecule has 2 aromatic rings. The molecule has 2 aliphatic heterocycles. The van der Waals surface area contributed by atoms with Gasteiger partial charge in [0.15, 0.2) is 11.6 Å². The van der Waals surface area contributed by atoms with Crippen LogP contribution in [0.15, 0.2) is 24.3 Å². The van der Waals surface area contributed by atoms with Crippen LogP contribution in [0.5, 0.6) is 0 Å². The number of hydrogen-bond donors (Lipinski definition) is 1. The van der Waals surface area contributed by atoms with Crippen LogP contribution in [0.1, 0.15) is 32.6 Å². The van der Waals surface area contributed by atoms with Gasteiger partial charge in [-0.05, 0) is 44.7 Å². The summed E-state index contributed by atoms with van der Waals surface area (Å²) in [5, 5.41) is 3.03. The number of benzene rings is 1. The highest BCUT2D eigenvalue weighted by atomic mass is 16.6. The highest BCUT2D eigenvalue weighted by molar-refractivity contribution is 5.95. The molecule has 0 spiro atoms. The van der Waals surface area contributed by atoms with Crippen molar-refractivity contribution in [3.8, 4) is 0 Å². The lowest BCUT2D eigenvalue weighted by molar-refractivity contribution is -0.121. The van der Waals surface area contributed by atoms with Gasteiger partial charge in [-0.25, -0.2) is 14.8 Å². The number of rotatable bonds is 4. The van der Waals surface area contributed by atoms with Gasteiger partial charge in [0.2, 0.25) is 5.91 Å². The topological polar surface area (TPSA) is 87.7 Å². The Morgan fingerprint density at radius 1 is 1.07 bits per heavy atom. The number of likely N-dealkylation sites (tertiary alicyclic amines) is 1. The van der Waals surface area contributed by atoms with E-state index in [-0.39, 0.29) is 17.9 Å². The third kappa shape index (κ3) is 4.26. The van der Waals surface area contributed by atoms with E-state index in [2.05, 4.69) is 10.2 Å². The first kappa shape index (κ1) is 19.4. The lowest BCUT2D eigenvalue weighted by atomic mass is 9.96. The summed E-state index contributed by atoms with van der Waals surface area (Å²) in [5.41, 5.74) is 1.60. The molecule has 0 aliphatic carbocycles. The number of carbonyl (C=O) groups excluding carboxylic acids is 2. The lowest BCUT2D eigenvalue weighted by Gasteiger charge is -2.30. The van der Waals surface area contributed by atoms with Gasteiger partial charge in [-0.1, -0.05) is 12.1 Å². The summed E-state index contributed by atoms with van der Waals surface area (Å²) in [6.45, 7) is 5.06. The molecule has 1 N–H and O–H groups in total. The molecule has 0 radical (unpaired) electrons. The van der Waals surface area contributed by atoms with Gasteiger partial charge in [0.1, 0.15) is 0 Å². The van der Waals surface area contributed by atoms with Gasteiger partial charge in [0.05, 0.1) is 17.6 Å². The zero-order valence-corrected chi connectivity index (χ0v) is 16.8. The normalized spacial score (nSPS) is 17.6. The fourth-order valence-electron chi connectivity index (χ4n) is 3.98. The Labute approximate surface area is 170 Å². The summed E-state index contributed by atoms with van der Waals surface area (Å²) < 4.78 is 5.05. The Morgan fingerprint density at radius 2 is 1.72 bits per heavy atom. The zero-order valence-electron chi connectivity index (χ0n) is 16.8. The highest BCUT2D eigenvalue weighted by Crippen LogP contribution is 2.29. The smallest absolute Gasteiger partial charge is 0.409 e. The first-order chi connectivity index (χ1) is 14.2. The molecule has 1 aromatic heterocycles. The second-order valence-electron chi connectivity index (χ2n) is 7.53. The van der Waals surface area contributed by atoms with E-state index in [1.807, 2.05) is 24.3 Å². The lowest BCUT2D eigenvalue weighted by Crippen LogP contribution is -2.41. The predicted octanol–water partition coefficient (Wildman–Crippen LogP) is 3.04. The van der Waals surface area contributed by atoms with Crippen LogP contribution < -0.4 is 10.2 Å². The monoisotopic (exact) mass is 397 g/mol. The van der Waals surface area contributed by atoms with Crippen LogP contribution in [0, 0.1) is 5.92 Å². The molecule has 0 saturated carbocycles. The average molecular weight is 397 g/mol. The van der Waals surface area contributed by atoms with Gasteiger partial charge in [-0.2, -0.15) is 0 Å². The van der Waals surface area contributed by atoms with Crippen LogP contribution >= 0.6 is 0 Å². The summed E-state index contributed by atoms with van der Waals surface area (Å²) >= 11 is 0. The van der Waals surface area contributed by atoms with E-state index >= 15 is 0 Å². The molecular weight excluding hydrogens is 370 g/mol. The van der Waals surface area contributed by atoms with Crippen LogP contribution in [0.3, 0.4) is 0 Å². The number of amides is 2. The van der Waals surface area contributed by atoms with Gasteiger partial charge < -0.3 is 19.9 Å². The van der Waals surface area contributed by atoms with Crippen molar-refractivity contribution in [3.05, 3.63) is 24.3 Å². The Balaban J connectivity index is 1.49. The molecule has 8 nitrogen and oxygen atoms in total. The average Bonchev–Trinajstić information content (AvgIpc) is 3.28. The first-order valence-corrected chi connectivity index (χ1v) is 10.4. The van der Waals surface area contributed by atoms with E-state index < -0.39 is 0 Å². The zero-order chi connectivity index (χ0) is 20.2. The van der Waals surface area contributed by atoms with Crippen LogP contribution in [0.4, 0.5) is 16.4 Å². The molecule has 154 valence electrons. The molecule has 0 atom stereocenters. The molecule has 1 aromatic carbocycles. The molecular formula is C21H27N5O3. The number of nitrogens with one attached hydrogen (secondary N) is 1. The van der Waals surface area contributed by atoms with Crippen molar-refractivity contribution >= 4 is 34.7 Å². The molecule has 2 saturated heterocycles. The largest absolute Gasteiger partial charge is 0.450 e. The predicted molar refractivity (Wildman–Crippen MR) is 111 cm³/mol. The number of fused-ring (bicyclic) bond motifs is 1. The van der Waals surface area contributed by atoms with E-state index in [9.17, 15) is 9.59 Å². The van der Waals surface area contributed by atoms with Crippen molar-refractivity contribution in [2.24, 2.45) is 5.92 Å². The van der Waals surface area contributed by atoms with E-state index in [1.165, 1.54) is 0 Å². The van der Waals surface area contributed by atoms with E-state index in [1.54, 1.807) is 11.8 Å². The summed E-state index contributed by atoms with van der Waals surface area (Å²) in [5.74, 6) is 1.07. The van der Waals surface area contributed by atoms with Crippen molar-refractivity contribution < 1.29 is 14.3 Å². The number of aromatic nitrogens is 2. The number of ether oxygens (including phenoxy) is 1. The van der Waals surface area contributed by atoms with Crippen molar-refractivity contribution in [1.82, 2.24) is 14.9 Å². The van der Waals surface area contributed by atoms with Crippen molar-refractivity contribution in [1.29, 1.82) is 0 Å². The Bertz CT molecular complexity index is 889. The van der Waals surface area contributed by atoms with Gasteiger partial charge in [0.25, 0.3) is 0 Å². The molecule has 4 rings (SSSR count). The minimum atomic E-state index is -0.303. The Kier molecular flexibility index (Phi) is 5.78. The summed E-state index contributed by atoms with van der Waals surface area (Å²) in [4.78, 5) is 38.2.